The quantitative estimate of drug-likeness (QED) is 0.816. The van der Waals surface area contributed by atoms with Crippen LogP contribution in [0.2, 0.25) is 0 Å². The number of nitrogens with two attached hydrogens (primary N) is 1. The van der Waals surface area contributed by atoms with Gasteiger partial charge in [0.05, 0.1) is 6.61 Å². The van der Waals surface area contributed by atoms with Gasteiger partial charge >= 0.3 is 0 Å². The Morgan fingerprint density at radius 2 is 2.19 bits per heavy atom. The highest BCUT2D eigenvalue weighted by molar-refractivity contribution is 9.10. The summed E-state index contributed by atoms with van der Waals surface area (Å²) in [5.41, 5.74) is 8.06. The van der Waals surface area contributed by atoms with Crippen LogP contribution in [0, 0.1) is 0 Å². The van der Waals surface area contributed by atoms with Gasteiger partial charge < -0.3 is 15.4 Å². The van der Waals surface area contributed by atoms with Crippen LogP contribution in [-0.2, 0) is 11.3 Å². The van der Waals surface area contributed by atoms with Crippen molar-refractivity contribution in [2.75, 3.05) is 31.7 Å². The highest BCUT2D eigenvalue weighted by Crippen LogP contribution is 2.26. The smallest absolute Gasteiger partial charge is 0.0641 e. The Labute approximate surface area is 106 Å². The van der Waals surface area contributed by atoms with Crippen molar-refractivity contribution in [3.8, 4) is 0 Å². The standard InChI is InChI=1S/C12H19BrN2O/c1-3-16-8-7-15(2)12-6-4-5-11(13)10(12)9-14/h4-6H,3,7-9,14H2,1-2H3. The second kappa shape index (κ2) is 6.89. The summed E-state index contributed by atoms with van der Waals surface area (Å²) < 4.78 is 6.41. The van der Waals surface area contributed by atoms with Crippen LogP contribution in [0.25, 0.3) is 0 Å². The first-order valence-corrected chi connectivity index (χ1v) is 6.26. The molecule has 0 saturated carbocycles. The van der Waals surface area contributed by atoms with Crippen molar-refractivity contribution in [2.45, 2.75) is 13.5 Å². The molecule has 1 rings (SSSR count). The maximum atomic E-state index is 5.76. The number of hydrogen-bond acceptors (Lipinski definition) is 3. The largest absolute Gasteiger partial charge is 0.380 e. The molecule has 0 fully saturated rings. The van der Waals surface area contributed by atoms with Gasteiger partial charge in [-0.25, -0.2) is 0 Å². The zero-order valence-electron chi connectivity index (χ0n) is 9.87. The third-order valence-corrected chi connectivity index (χ3v) is 3.23. The Bertz CT molecular complexity index is 331. The molecule has 90 valence electrons. The van der Waals surface area contributed by atoms with E-state index in [1.54, 1.807) is 0 Å². The first-order chi connectivity index (χ1) is 7.70. The first kappa shape index (κ1) is 13.5. The molecule has 0 amide bonds. The van der Waals surface area contributed by atoms with E-state index in [9.17, 15) is 0 Å². The Hall–Kier alpha value is -0.580. The first-order valence-electron chi connectivity index (χ1n) is 5.47. The van der Waals surface area contributed by atoms with Gasteiger partial charge in [0, 0.05) is 42.5 Å². The Balaban J connectivity index is 2.74. The molecule has 0 saturated heterocycles. The lowest BCUT2D eigenvalue weighted by atomic mass is 10.1. The zero-order valence-corrected chi connectivity index (χ0v) is 11.5. The highest BCUT2D eigenvalue weighted by Gasteiger charge is 2.08. The van der Waals surface area contributed by atoms with E-state index in [0.717, 1.165) is 35.5 Å². The molecule has 1 aromatic rings. The lowest BCUT2D eigenvalue weighted by Gasteiger charge is -2.22. The van der Waals surface area contributed by atoms with E-state index in [0.29, 0.717) is 6.54 Å². The Morgan fingerprint density at radius 3 is 2.81 bits per heavy atom. The lowest BCUT2D eigenvalue weighted by molar-refractivity contribution is 0.154. The molecule has 0 heterocycles. The van der Waals surface area contributed by atoms with Crippen molar-refractivity contribution in [3.63, 3.8) is 0 Å². The van der Waals surface area contributed by atoms with Gasteiger partial charge in [0.25, 0.3) is 0 Å². The molecule has 0 spiro atoms. The maximum absolute atomic E-state index is 5.76. The highest BCUT2D eigenvalue weighted by atomic mass is 79.9. The molecule has 2 N–H and O–H groups in total. The number of nitrogens with zero attached hydrogens (tertiary/aromatic N) is 1. The number of anilines is 1. The Morgan fingerprint density at radius 1 is 1.44 bits per heavy atom. The Kier molecular flexibility index (Phi) is 5.80. The van der Waals surface area contributed by atoms with Crippen LogP contribution < -0.4 is 10.6 Å². The van der Waals surface area contributed by atoms with Crippen molar-refractivity contribution in [3.05, 3.63) is 28.2 Å². The number of ether oxygens (including phenoxy) is 1. The fourth-order valence-electron chi connectivity index (χ4n) is 1.57. The van der Waals surface area contributed by atoms with Crippen LogP contribution >= 0.6 is 15.9 Å². The molecule has 0 bridgehead atoms. The van der Waals surface area contributed by atoms with Gasteiger partial charge in [-0.3, -0.25) is 0 Å². The maximum Gasteiger partial charge on any atom is 0.0641 e. The number of benzene rings is 1. The molecule has 0 aromatic heterocycles. The van der Waals surface area contributed by atoms with E-state index in [4.69, 9.17) is 10.5 Å². The molecule has 1 aromatic carbocycles. The van der Waals surface area contributed by atoms with Gasteiger partial charge in [-0.05, 0) is 19.1 Å². The number of halogens is 1. The van der Waals surface area contributed by atoms with E-state index >= 15 is 0 Å². The molecular weight excluding hydrogens is 268 g/mol. The van der Waals surface area contributed by atoms with Gasteiger partial charge in [-0.2, -0.15) is 0 Å². The van der Waals surface area contributed by atoms with Crippen molar-refractivity contribution < 1.29 is 4.74 Å². The fourth-order valence-corrected chi connectivity index (χ4v) is 2.09. The van der Waals surface area contributed by atoms with E-state index in [-0.39, 0.29) is 0 Å². The number of likely N-dealkylation sites (N-methyl/N-ethyl adjacent to an activating group) is 1. The molecule has 0 aliphatic rings. The van der Waals surface area contributed by atoms with Gasteiger partial charge in [-0.15, -0.1) is 0 Å². The molecule has 0 atom stereocenters. The minimum absolute atomic E-state index is 0.537. The van der Waals surface area contributed by atoms with Crippen LogP contribution in [0.4, 0.5) is 5.69 Å². The minimum Gasteiger partial charge on any atom is -0.380 e. The summed E-state index contributed by atoms with van der Waals surface area (Å²) in [6.07, 6.45) is 0. The summed E-state index contributed by atoms with van der Waals surface area (Å²) in [4.78, 5) is 2.17. The predicted molar refractivity (Wildman–Crippen MR) is 71.8 cm³/mol. The van der Waals surface area contributed by atoms with Crippen molar-refractivity contribution in [1.82, 2.24) is 0 Å². The third kappa shape index (κ3) is 3.47. The summed E-state index contributed by atoms with van der Waals surface area (Å²) in [5.74, 6) is 0. The van der Waals surface area contributed by atoms with E-state index in [1.165, 1.54) is 0 Å². The van der Waals surface area contributed by atoms with Crippen LogP contribution in [0.5, 0.6) is 0 Å². The summed E-state index contributed by atoms with van der Waals surface area (Å²) in [6.45, 7) is 4.91. The summed E-state index contributed by atoms with van der Waals surface area (Å²) >= 11 is 3.52. The monoisotopic (exact) mass is 286 g/mol. The van der Waals surface area contributed by atoms with Crippen LogP contribution in [0.3, 0.4) is 0 Å². The van der Waals surface area contributed by atoms with Crippen molar-refractivity contribution in [2.24, 2.45) is 5.73 Å². The molecular formula is C12H19BrN2O. The molecule has 3 nitrogen and oxygen atoms in total. The van der Waals surface area contributed by atoms with Crippen molar-refractivity contribution >= 4 is 21.6 Å². The second-order valence-corrected chi connectivity index (χ2v) is 4.41. The molecule has 0 aliphatic heterocycles. The van der Waals surface area contributed by atoms with E-state index < -0.39 is 0 Å². The van der Waals surface area contributed by atoms with Crippen LogP contribution in [0.15, 0.2) is 22.7 Å². The average molecular weight is 287 g/mol. The fraction of sp³-hybridized carbons (Fsp3) is 0.500. The van der Waals surface area contributed by atoms with Gasteiger partial charge in [0.2, 0.25) is 0 Å². The van der Waals surface area contributed by atoms with Gasteiger partial charge in [0.1, 0.15) is 0 Å². The predicted octanol–water partition coefficient (Wildman–Crippen LogP) is 2.38. The topological polar surface area (TPSA) is 38.5 Å². The number of rotatable bonds is 6. The molecule has 16 heavy (non-hydrogen) atoms. The molecule has 4 heteroatoms. The summed E-state index contributed by atoms with van der Waals surface area (Å²) in [5, 5.41) is 0. The molecule has 0 aliphatic carbocycles. The number of hydrogen-bond donors (Lipinski definition) is 1. The average Bonchev–Trinajstić information content (AvgIpc) is 2.29. The van der Waals surface area contributed by atoms with Crippen molar-refractivity contribution in [1.29, 1.82) is 0 Å². The SMILES string of the molecule is CCOCCN(C)c1cccc(Br)c1CN. The molecule has 0 unspecified atom stereocenters. The van der Waals surface area contributed by atoms with E-state index in [1.807, 2.05) is 19.1 Å². The van der Waals surface area contributed by atoms with Crippen LogP contribution in [-0.4, -0.2) is 26.8 Å². The third-order valence-electron chi connectivity index (χ3n) is 2.48. The van der Waals surface area contributed by atoms with Gasteiger partial charge in [-0.1, -0.05) is 22.0 Å². The van der Waals surface area contributed by atoms with Crippen LogP contribution in [0.1, 0.15) is 12.5 Å². The lowest BCUT2D eigenvalue weighted by Crippen LogP contribution is -2.24. The van der Waals surface area contributed by atoms with Gasteiger partial charge in [0.15, 0.2) is 0 Å². The second-order valence-electron chi connectivity index (χ2n) is 3.56. The zero-order chi connectivity index (χ0) is 12.0. The normalized spacial score (nSPS) is 10.5. The van der Waals surface area contributed by atoms with E-state index in [2.05, 4.69) is 33.9 Å². The summed E-state index contributed by atoms with van der Waals surface area (Å²) in [7, 11) is 2.06. The summed E-state index contributed by atoms with van der Waals surface area (Å²) in [6, 6.07) is 6.12. The molecule has 0 radical (unpaired) electrons. The minimum atomic E-state index is 0.537.